The number of esters is 1. The molecule has 0 radical (unpaired) electrons. The van der Waals surface area contributed by atoms with Gasteiger partial charge in [0.05, 0.1) is 17.5 Å². The number of hydrogen-bond donors (Lipinski definition) is 3. The molecule has 3 aliphatic rings. The van der Waals surface area contributed by atoms with Gasteiger partial charge in [-0.15, -0.1) is 0 Å². The SMILES string of the molecule is CCC(C)CC(=O)Oc1ccc(-c2ccc(O)c3c2C[C@H]2C[C@H]4[C@H](N(C)C)C(=O)C(C(N)=O)C(=O)[C@@]4(O)C(=O)C2C3=O)cc1. The molecule has 2 aromatic rings. The van der Waals surface area contributed by atoms with Gasteiger partial charge in [-0.05, 0) is 73.7 Å². The Hall–Kier alpha value is -4.22. The molecule has 2 fully saturated rings. The first kappa shape index (κ1) is 31.2. The predicted octanol–water partition coefficient (Wildman–Crippen LogP) is 1.88. The number of carbonyl (C=O) groups is 6. The first-order chi connectivity index (χ1) is 20.7. The highest BCUT2D eigenvalue weighted by atomic mass is 16.5. The van der Waals surface area contributed by atoms with Gasteiger partial charge in [-0.1, -0.05) is 38.5 Å². The fraction of sp³-hybridized carbons (Fsp3) is 0.455. The summed E-state index contributed by atoms with van der Waals surface area (Å²) in [5.41, 5.74) is 4.28. The molecule has 0 bridgehead atoms. The predicted molar refractivity (Wildman–Crippen MR) is 157 cm³/mol. The van der Waals surface area contributed by atoms with Crippen molar-refractivity contribution < 1.29 is 43.7 Å². The topological polar surface area (TPSA) is 181 Å². The minimum Gasteiger partial charge on any atom is -0.507 e. The lowest BCUT2D eigenvalue weighted by Gasteiger charge is -2.52. The van der Waals surface area contributed by atoms with Crippen LogP contribution in [0.15, 0.2) is 36.4 Å². The van der Waals surface area contributed by atoms with Crippen LogP contribution in [0.1, 0.15) is 49.0 Å². The number of primary amides is 1. The van der Waals surface area contributed by atoms with Crippen LogP contribution >= 0.6 is 0 Å². The second-order valence-corrected chi connectivity index (χ2v) is 12.5. The van der Waals surface area contributed by atoms with E-state index < -0.39 is 64.4 Å². The number of carbonyl (C=O) groups excluding carboxylic acids is 6. The Morgan fingerprint density at radius 1 is 1.07 bits per heavy atom. The Labute approximate surface area is 254 Å². The lowest BCUT2D eigenvalue weighted by Crippen LogP contribution is -2.74. The maximum atomic E-state index is 14.0. The van der Waals surface area contributed by atoms with Crippen LogP contribution in [0.4, 0.5) is 0 Å². The normalized spacial score (nSPS) is 28.6. The number of ether oxygens (including phenoxy) is 1. The van der Waals surface area contributed by atoms with Crippen molar-refractivity contribution in [3.63, 3.8) is 0 Å². The maximum Gasteiger partial charge on any atom is 0.311 e. The molecule has 11 heteroatoms. The number of phenols is 1. The zero-order valence-corrected chi connectivity index (χ0v) is 25.0. The second kappa shape index (κ2) is 11.4. The van der Waals surface area contributed by atoms with Crippen LogP contribution < -0.4 is 10.5 Å². The first-order valence-corrected chi connectivity index (χ1v) is 14.7. The zero-order valence-electron chi connectivity index (χ0n) is 25.0. The van der Waals surface area contributed by atoms with E-state index in [0.717, 1.165) is 6.42 Å². The molecule has 0 saturated heterocycles. The number of benzene rings is 2. The van der Waals surface area contributed by atoms with Crippen molar-refractivity contribution in [3.05, 3.63) is 47.5 Å². The van der Waals surface area contributed by atoms with Crippen LogP contribution in [-0.4, -0.2) is 75.9 Å². The molecular formula is C33H36N2O9. The number of nitrogens with two attached hydrogens (primary N) is 1. The van der Waals surface area contributed by atoms with Crippen LogP contribution in [0.25, 0.3) is 11.1 Å². The van der Waals surface area contributed by atoms with E-state index in [9.17, 15) is 39.0 Å². The largest absolute Gasteiger partial charge is 0.507 e. The average molecular weight is 605 g/mol. The molecule has 4 N–H and O–H groups in total. The molecule has 11 nitrogen and oxygen atoms in total. The van der Waals surface area contributed by atoms with Crippen molar-refractivity contribution in [2.45, 2.75) is 51.2 Å². The second-order valence-electron chi connectivity index (χ2n) is 12.5. The summed E-state index contributed by atoms with van der Waals surface area (Å²) in [5.74, 6) is -10.7. The number of fused-ring (bicyclic) bond motifs is 3. The van der Waals surface area contributed by atoms with Crippen molar-refractivity contribution in [3.8, 4) is 22.6 Å². The summed E-state index contributed by atoms with van der Waals surface area (Å²) in [6, 6.07) is 8.55. The van der Waals surface area contributed by atoms with E-state index in [1.165, 1.54) is 25.1 Å². The number of likely N-dealkylation sites (N-methyl/N-ethyl adjacent to an activating group) is 1. The van der Waals surface area contributed by atoms with Crippen LogP contribution in [0.3, 0.4) is 0 Å². The third-order valence-electron chi connectivity index (χ3n) is 9.55. The van der Waals surface area contributed by atoms with Crippen molar-refractivity contribution in [2.24, 2.45) is 35.3 Å². The number of ketones is 4. The lowest BCUT2D eigenvalue weighted by atomic mass is 9.52. The average Bonchev–Trinajstić information content (AvgIpc) is 2.95. The summed E-state index contributed by atoms with van der Waals surface area (Å²) in [6.45, 7) is 3.96. The molecule has 7 atom stereocenters. The number of rotatable bonds is 7. The van der Waals surface area contributed by atoms with E-state index in [2.05, 4.69) is 0 Å². The number of amides is 1. The summed E-state index contributed by atoms with van der Waals surface area (Å²) in [4.78, 5) is 80.4. The summed E-state index contributed by atoms with van der Waals surface area (Å²) >= 11 is 0. The smallest absolute Gasteiger partial charge is 0.311 e. The van der Waals surface area contributed by atoms with Crippen molar-refractivity contribution in [1.82, 2.24) is 4.90 Å². The van der Waals surface area contributed by atoms with Gasteiger partial charge in [0.1, 0.15) is 11.5 Å². The third kappa shape index (κ3) is 4.84. The van der Waals surface area contributed by atoms with Gasteiger partial charge in [0.2, 0.25) is 5.91 Å². The molecule has 3 unspecified atom stereocenters. The van der Waals surface area contributed by atoms with E-state index in [1.807, 2.05) is 13.8 Å². The van der Waals surface area contributed by atoms with Gasteiger partial charge in [0.15, 0.2) is 34.7 Å². The molecule has 2 saturated carbocycles. The number of aromatic hydroxyl groups is 1. The number of nitrogens with zero attached hydrogens (tertiary/aromatic N) is 1. The Kier molecular flexibility index (Phi) is 8.06. The molecule has 1 amide bonds. The number of aliphatic hydroxyl groups is 1. The van der Waals surface area contributed by atoms with Crippen LogP contribution in [0.2, 0.25) is 0 Å². The molecule has 232 valence electrons. The van der Waals surface area contributed by atoms with Gasteiger partial charge in [-0.3, -0.25) is 33.7 Å². The maximum absolute atomic E-state index is 14.0. The standard InChI is InChI=1S/C33H36N2O9/c1-5-15(2)12-23(37)44-18-8-6-16(7-9-18)19-10-11-22(36)25-20(19)13-17-14-21-27(35(3)4)29(39)26(32(34)42)31(41)33(21,43)30(40)24(17)28(25)38/h6-11,15,17,21,24,26-27,36,43H,5,12-14H2,1-4H3,(H2,34,42)/t15?,17-,21-,24?,26?,27-,33-/m0/s1. The summed E-state index contributed by atoms with van der Waals surface area (Å²) in [7, 11) is 3.08. The van der Waals surface area contributed by atoms with Gasteiger partial charge < -0.3 is 20.7 Å². The van der Waals surface area contributed by atoms with Gasteiger partial charge in [0, 0.05) is 12.3 Å². The van der Waals surface area contributed by atoms with Crippen LogP contribution in [0, 0.1) is 29.6 Å². The number of hydrogen-bond acceptors (Lipinski definition) is 10. The molecule has 0 aromatic heterocycles. The summed E-state index contributed by atoms with van der Waals surface area (Å²) in [5, 5.41) is 22.5. The molecule has 0 heterocycles. The summed E-state index contributed by atoms with van der Waals surface area (Å²) in [6.07, 6.45) is 1.24. The van der Waals surface area contributed by atoms with Crippen molar-refractivity contribution in [1.29, 1.82) is 0 Å². The molecule has 2 aromatic carbocycles. The van der Waals surface area contributed by atoms with Crippen molar-refractivity contribution >= 4 is 35.0 Å². The minimum atomic E-state index is -2.77. The van der Waals surface area contributed by atoms with Gasteiger partial charge in [0.25, 0.3) is 0 Å². The quantitative estimate of drug-likeness (QED) is 0.240. The molecular weight excluding hydrogens is 568 g/mol. The van der Waals surface area contributed by atoms with E-state index in [4.69, 9.17) is 10.5 Å². The fourth-order valence-electron chi connectivity index (χ4n) is 7.18. The number of Topliss-reactive ketones (excluding diaryl/α,β-unsaturated/α-hetero) is 4. The monoisotopic (exact) mass is 604 g/mol. The van der Waals surface area contributed by atoms with E-state index in [0.29, 0.717) is 22.4 Å². The lowest BCUT2D eigenvalue weighted by molar-refractivity contribution is -0.181. The van der Waals surface area contributed by atoms with Gasteiger partial charge in [-0.25, -0.2) is 0 Å². The summed E-state index contributed by atoms with van der Waals surface area (Å²) < 4.78 is 5.46. The highest BCUT2D eigenvalue weighted by Gasteiger charge is 2.69. The molecule has 5 rings (SSSR count). The van der Waals surface area contributed by atoms with E-state index >= 15 is 0 Å². The van der Waals surface area contributed by atoms with Gasteiger partial charge in [-0.2, -0.15) is 0 Å². The molecule has 44 heavy (non-hydrogen) atoms. The third-order valence-corrected chi connectivity index (χ3v) is 9.55. The molecule has 0 aliphatic heterocycles. The Balaban J connectivity index is 1.52. The fourth-order valence-corrected chi connectivity index (χ4v) is 7.18. The van der Waals surface area contributed by atoms with Crippen LogP contribution in [0.5, 0.6) is 11.5 Å². The highest BCUT2D eigenvalue weighted by molar-refractivity contribution is 6.32. The molecule has 0 spiro atoms. The highest BCUT2D eigenvalue weighted by Crippen LogP contribution is 2.51. The zero-order chi connectivity index (χ0) is 32.2. The van der Waals surface area contributed by atoms with Crippen LogP contribution in [-0.2, 0) is 30.4 Å². The Morgan fingerprint density at radius 3 is 2.32 bits per heavy atom. The Morgan fingerprint density at radius 2 is 1.73 bits per heavy atom. The number of phenolic OH excluding ortho intramolecular Hbond substituents is 1. The van der Waals surface area contributed by atoms with Gasteiger partial charge >= 0.3 is 5.97 Å². The first-order valence-electron chi connectivity index (χ1n) is 14.7. The molecule has 3 aliphatic carbocycles. The van der Waals surface area contributed by atoms with E-state index in [-0.39, 0.29) is 42.5 Å². The minimum absolute atomic E-state index is 0.0376. The van der Waals surface area contributed by atoms with Crippen molar-refractivity contribution in [2.75, 3.05) is 14.1 Å². The van der Waals surface area contributed by atoms with E-state index in [1.54, 1.807) is 30.3 Å². The Bertz CT molecular complexity index is 1580.